The molecular formula is C19H20N4O. The van der Waals surface area contributed by atoms with Gasteiger partial charge in [-0.2, -0.15) is 5.26 Å². The van der Waals surface area contributed by atoms with Crippen LogP contribution in [0.2, 0.25) is 0 Å². The lowest BCUT2D eigenvalue weighted by Crippen LogP contribution is -2.29. The Hall–Kier alpha value is -3.02. The molecule has 2 rings (SSSR count). The van der Waals surface area contributed by atoms with E-state index in [9.17, 15) is 10.1 Å². The van der Waals surface area contributed by atoms with E-state index in [1.54, 1.807) is 0 Å². The number of carbonyl (C=O) groups excluding carboxylic acids is 1. The van der Waals surface area contributed by atoms with E-state index in [1.165, 1.54) is 0 Å². The smallest absolute Gasteiger partial charge is 0.239 e. The van der Waals surface area contributed by atoms with Gasteiger partial charge in [0.15, 0.2) is 0 Å². The summed E-state index contributed by atoms with van der Waals surface area (Å²) in [6.45, 7) is 4.85. The topological polar surface area (TPSA) is 69.8 Å². The number of amides is 1. The van der Waals surface area contributed by atoms with Crippen molar-refractivity contribution >= 4 is 11.7 Å². The maximum atomic E-state index is 12.1. The number of nitrogens with one attached hydrogen (secondary N) is 2. The van der Waals surface area contributed by atoms with Crippen LogP contribution in [0.3, 0.4) is 0 Å². The SMILES string of the molecule is C#CCNCC(=O)Nc1c(C#N)c(C)c(C)n1Cc1ccccc1. The number of anilines is 1. The summed E-state index contributed by atoms with van der Waals surface area (Å²) in [5, 5.41) is 15.2. The van der Waals surface area contributed by atoms with Crippen LogP contribution in [0, 0.1) is 37.5 Å². The van der Waals surface area contributed by atoms with Crippen molar-refractivity contribution < 1.29 is 4.79 Å². The van der Waals surface area contributed by atoms with Crippen molar-refractivity contribution in [1.29, 1.82) is 5.26 Å². The molecule has 0 aliphatic rings. The van der Waals surface area contributed by atoms with E-state index >= 15 is 0 Å². The average Bonchev–Trinajstić information content (AvgIpc) is 2.80. The maximum Gasteiger partial charge on any atom is 0.239 e. The Bertz CT molecular complexity index is 807. The van der Waals surface area contributed by atoms with Crippen LogP contribution in [0.15, 0.2) is 30.3 Å². The highest BCUT2D eigenvalue weighted by molar-refractivity contribution is 5.93. The van der Waals surface area contributed by atoms with Gasteiger partial charge in [-0.15, -0.1) is 6.42 Å². The highest BCUT2D eigenvalue weighted by Crippen LogP contribution is 2.27. The van der Waals surface area contributed by atoms with E-state index in [-0.39, 0.29) is 12.5 Å². The molecule has 1 aromatic heterocycles. The van der Waals surface area contributed by atoms with Crippen LogP contribution >= 0.6 is 0 Å². The van der Waals surface area contributed by atoms with Crippen LogP contribution in [0.5, 0.6) is 0 Å². The first-order valence-corrected chi connectivity index (χ1v) is 7.66. The highest BCUT2D eigenvalue weighted by Gasteiger charge is 2.19. The first-order chi connectivity index (χ1) is 11.6. The lowest BCUT2D eigenvalue weighted by molar-refractivity contribution is -0.115. The van der Waals surface area contributed by atoms with Gasteiger partial charge in [-0.05, 0) is 25.0 Å². The molecule has 0 aliphatic heterocycles. The molecule has 0 saturated heterocycles. The number of benzene rings is 1. The molecule has 0 spiro atoms. The van der Waals surface area contributed by atoms with E-state index in [4.69, 9.17) is 6.42 Å². The Balaban J connectivity index is 2.31. The second kappa shape index (κ2) is 8.01. The molecule has 24 heavy (non-hydrogen) atoms. The Morgan fingerprint density at radius 3 is 2.62 bits per heavy atom. The molecule has 1 heterocycles. The molecule has 122 valence electrons. The van der Waals surface area contributed by atoms with Gasteiger partial charge in [-0.3, -0.25) is 10.1 Å². The number of carbonyl (C=O) groups is 1. The normalized spacial score (nSPS) is 10.0. The van der Waals surface area contributed by atoms with Gasteiger partial charge in [0.25, 0.3) is 0 Å². The third-order valence-corrected chi connectivity index (χ3v) is 3.90. The lowest BCUT2D eigenvalue weighted by Gasteiger charge is -2.13. The van der Waals surface area contributed by atoms with Crippen LogP contribution < -0.4 is 10.6 Å². The minimum Gasteiger partial charge on any atom is -0.326 e. The molecule has 0 saturated carbocycles. The maximum absolute atomic E-state index is 12.1. The molecule has 0 fully saturated rings. The number of hydrogen-bond donors (Lipinski definition) is 2. The van der Waals surface area contributed by atoms with Crippen LogP contribution in [-0.2, 0) is 11.3 Å². The summed E-state index contributed by atoms with van der Waals surface area (Å²) in [5.41, 5.74) is 3.43. The second-order valence-corrected chi connectivity index (χ2v) is 5.47. The zero-order chi connectivity index (χ0) is 17.5. The fraction of sp³-hybridized carbons (Fsp3) is 0.263. The standard InChI is InChI=1S/C19H20N4O/c1-4-10-21-12-18(24)22-19-17(11-20)14(2)15(3)23(19)13-16-8-6-5-7-9-16/h1,5-9,21H,10,12-13H2,2-3H3,(H,22,24). The number of nitrogens with zero attached hydrogens (tertiary/aromatic N) is 2. The first-order valence-electron chi connectivity index (χ1n) is 7.66. The van der Waals surface area contributed by atoms with E-state index in [2.05, 4.69) is 22.6 Å². The summed E-state index contributed by atoms with van der Waals surface area (Å²) in [6, 6.07) is 12.1. The molecule has 0 bridgehead atoms. The third kappa shape index (κ3) is 3.84. The van der Waals surface area contributed by atoms with Gasteiger partial charge >= 0.3 is 0 Å². The van der Waals surface area contributed by atoms with Crippen LogP contribution in [0.4, 0.5) is 5.82 Å². The van der Waals surface area contributed by atoms with Crippen molar-refractivity contribution in [2.75, 3.05) is 18.4 Å². The van der Waals surface area contributed by atoms with Gasteiger partial charge in [-0.25, -0.2) is 0 Å². The van der Waals surface area contributed by atoms with Crippen molar-refractivity contribution in [2.24, 2.45) is 0 Å². The number of hydrogen-bond acceptors (Lipinski definition) is 3. The first kappa shape index (κ1) is 17.3. The van der Waals surface area contributed by atoms with Gasteiger partial charge in [0.05, 0.1) is 18.7 Å². The summed E-state index contributed by atoms with van der Waals surface area (Å²) < 4.78 is 1.96. The molecule has 5 nitrogen and oxygen atoms in total. The molecular weight excluding hydrogens is 300 g/mol. The quantitative estimate of drug-likeness (QED) is 0.633. The number of terminal acetylenes is 1. The minimum atomic E-state index is -0.228. The second-order valence-electron chi connectivity index (χ2n) is 5.47. The summed E-state index contributed by atoms with van der Waals surface area (Å²) in [4.78, 5) is 12.1. The molecule has 1 aromatic carbocycles. The monoisotopic (exact) mass is 320 g/mol. The van der Waals surface area contributed by atoms with Crippen LogP contribution in [0.25, 0.3) is 0 Å². The Morgan fingerprint density at radius 2 is 2.00 bits per heavy atom. The van der Waals surface area contributed by atoms with Gasteiger partial charge in [0.1, 0.15) is 11.9 Å². The molecule has 0 aliphatic carbocycles. The van der Waals surface area contributed by atoms with Crippen LogP contribution in [-0.4, -0.2) is 23.6 Å². The third-order valence-electron chi connectivity index (χ3n) is 3.90. The Kier molecular flexibility index (Phi) is 5.78. The molecule has 0 atom stereocenters. The number of nitriles is 1. The zero-order valence-corrected chi connectivity index (χ0v) is 13.9. The Morgan fingerprint density at radius 1 is 1.29 bits per heavy atom. The van der Waals surface area contributed by atoms with Gasteiger partial charge in [0, 0.05) is 12.2 Å². The molecule has 2 N–H and O–H groups in total. The molecule has 0 radical (unpaired) electrons. The largest absolute Gasteiger partial charge is 0.326 e. The molecule has 5 heteroatoms. The zero-order valence-electron chi connectivity index (χ0n) is 13.9. The molecule has 2 aromatic rings. The van der Waals surface area contributed by atoms with Gasteiger partial charge in [0.2, 0.25) is 5.91 Å². The summed E-state index contributed by atoms with van der Waals surface area (Å²) in [7, 11) is 0. The van der Waals surface area contributed by atoms with E-state index in [1.807, 2.05) is 48.7 Å². The summed E-state index contributed by atoms with van der Waals surface area (Å²) in [5.74, 6) is 2.72. The summed E-state index contributed by atoms with van der Waals surface area (Å²) >= 11 is 0. The number of rotatable bonds is 6. The van der Waals surface area contributed by atoms with Gasteiger partial charge in [-0.1, -0.05) is 36.3 Å². The fourth-order valence-electron chi connectivity index (χ4n) is 2.52. The van der Waals surface area contributed by atoms with Crippen molar-refractivity contribution in [1.82, 2.24) is 9.88 Å². The fourth-order valence-corrected chi connectivity index (χ4v) is 2.52. The van der Waals surface area contributed by atoms with Crippen molar-refractivity contribution in [2.45, 2.75) is 20.4 Å². The van der Waals surface area contributed by atoms with Crippen molar-refractivity contribution in [3.8, 4) is 18.4 Å². The molecule has 0 unspecified atom stereocenters. The van der Waals surface area contributed by atoms with Crippen molar-refractivity contribution in [3.05, 3.63) is 52.7 Å². The van der Waals surface area contributed by atoms with Gasteiger partial charge < -0.3 is 9.88 Å². The van der Waals surface area contributed by atoms with E-state index in [0.29, 0.717) is 24.5 Å². The Labute approximate surface area is 142 Å². The molecule has 1 amide bonds. The van der Waals surface area contributed by atoms with E-state index < -0.39 is 0 Å². The lowest BCUT2D eigenvalue weighted by atomic mass is 10.2. The average molecular weight is 320 g/mol. The van der Waals surface area contributed by atoms with Crippen LogP contribution in [0.1, 0.15) is 22.4 Å². The summed E-state index contributed by atoms with van der Waals surface area (Å²) in [6.07, 6.45) is 5.15. The van der Waals surface area contributed by atoms with E-state index in [0.717, 1.165) is 16.8 Å². The predicted octanol–water partition coefficient (Wildman–Crippen LogP) is 2.19. The minimum absolute atomic E-state index is 0.101. The van der Waals surface area contributed by atoms with Crippen molar-refractivity contribution in [3.63, 3.8) is 0 Å². The number of aromatic nitrogens is 1. The highest BCUT2D eigenvalue weighted by atomic mass is 16.2. The predicted molar refractivity (Wildman–Crippen MR) is 94.5 cm³/mol.